The Morgan fingerprint density at radius 1 is 1.12 bits per heavy atom. The minimum Gasteiger partial charge on any atom is -0.361 e. The molecule has 130 valence electrons. The normalized spacial score (nSPS) is 14.6. The summed E-state index contributed by atoms with van der Waals surface area (Å²) in [6, 6.07) is 13.4. The summed E-state index contributed by atoms with van der Waals surface area (Å²) in [4.78, 5) is 26.2. The molecule has 1 aliphatic heterocycles. The van der Waals surface area contributed by atoms with Crippen LogP contribution < -0.4 is 10.2 Å². The lowest BCUT2D eigenvalue weighted by molar-refractivity contribution is -0.114. The Bertz CT molecular complexity index is 796. The second-order valence-corrected chi connectivity index (χ2v) is 6.73. The van der Waals surface area contributed by atoms with Crippen LogP contribution in [-0.4, -0.2) is 24.3 Å². The molecule has 2 aromatic rings. The van der Waals surface area contributed by atoms with Crippen molar-refractivity contribution in [3.8, 4) is 0 Å². The van der Waals surface area contributed by atoms with Crippen LogP contribution in [0.15, 0.2) is 42.5 Å². The Kier molecular flexibility index (Phi) is 4.88. The van der Waals surface area contributed by atoms with E-state index in [1.165, 1.54) is 23.7 Å². The average Bonchev–Trinajstić information content (AvgIpc) is 2.60. The molecule has 0 spiro atoms. The summed E-state index contributed by atoms with van der Waals surface area (Å²) >= 11 is 0. The number of Topliss-reactive ketones (excluding diaryl/α,β-unsaturated/α-hetero) is 1. The van der Waals surface area contributed by atoms with Crippen molar-refractivity contribution in [3.05, 3.63) is 59.2 Å². The largest absolute Gasteiger partial charge is 0.361 e. The molecule has 2 aromatic carbocycles. The number of benzene rings is 2. The third-order valence-electron chi connectivity index (χ3n) is 4.73. The van der Waals surface area contributed by atoms with Gasteiger partial charge in [0.05, 0.1) is 6.04 Å². The number of hydrogen-bond donors (Lipinski definition) is 1. The number of ketones is 1. The van der Waals surface area contributed by atoms with Gasteiger partial charge in [0.15, 0.2) is 5.78 Å². The van der Waals surface area contributed by atoms with Gasteiger partial charge in [0, 0.05) is 30.4 Å². The number of amides is 1. The van der Waals surface area contributed by atoms with Gasteiger partial charge in [0.25, 0.3) is 0 Å². The first-order chi connectivity index (χ1) is 12.0. The van der Waals surface area contributed by atoms with Crippen LogP contribution in [0.5, 0.6) is 0 Å². The van der Waals surface area contributed by atoms with Crippen molar-refractivity contribution >= 4 is 23.1 Å². The third kappa shape index (κ3) is 3.73. The second-order valence-electron chi connectivity index (χ2n) is 6.73. The Morgan fingerprint density at radius 2 is 1.84 bits per heavy atom. The summed E-state index contributed by atoms with van der Waals surface area (Å²) in [5.74, 6) is -0.0181. The molecule has 25 heavy (non-hydrogen) atoms. The first-order valence-corrected chi connectivity index (χ1v) is 8.74. The molecule has 0 fully saturated rings. The molecule has 0 aliphatic carbocycles. The van der Waals surface area contributed by atoms with Crippen molar-refractivity contribution in [1.29, 1.82) is 0 Å². The number of nitrogens with one attached hydrogen (secondary N) is 1. The molecule has 1 atom stereocenters. The fourth-order valence-electron chi connectivity index (χ4n) is 3.46. The highest BCUT2D eigenvalue weighted by molar-refractivity contribution is 6.02. The Morgan fingerprint density at radius 3 is 2.52 bits per heavy atom. The van der Waals surface area contributed by atoms with Gasteiger partial charge in [-0.05, 0) is 62.6 Å². The maximum absolute atomic E-state index is 12.9. The maximum Gasteiger partial charge on any atom is 0.221 e. The topological polar surface area (TPSA) is 49.4 Å². The molecular weight excluding hydrogens is 312 g/mol. The molecule has 0 unspecified atom stereocenters. The van der Waals surface area contributed by atoms with Crippen LogP contribution in [0.25, 0.3) is 0 Å². The predicted octanol–water partition coefficient (Wildman–Crippen LogP) is 3.98. The van der Waals surface area contributed by atoms with E-state index in [9.17, 15) is 9.59 Å². The zero-order valence-electron chi connectivity index (χ0n) is 15.0. The molecule has 1 aliphatic rings. The fraction of sp³-hybridized carbons (Fsp3) is 0.333. The number of carbonyl (C=O) groups is 2. The van der Waals surface area contributed by atoms with Crippen molar-refractivity contribution in [2.45, 2.75) is 39.7 Å². The van der Waals surface area contributed by atoms with Crippen LogP contribution in [-0.2, 0) is 11.2 Å². The van der Waals surface area contributed by atoms with Crippen molar-refractivity contribution in [2.24, 2.45) is 0 Å². The smallest absolute Gasteiger partial charge is 0.221 e. The van der Waals surface area contributed by atoms with Crippen molar-refractivity contribution in [3.63, 3.8) is 0 Å². The van der Waals surface area contributed by atoms with E-state index in [0.717, 1.165) is 19.4 Å². The van der Waals surface area contributed by atoms with Crippen LogP contribution in [0, 0.1) is 6.92 Å². The molecule has 0 saturated heterocycles. The Balaban J connectivity index is 1.80. The minimum atomic E-state index is -0.214. The number of nitrogens with zero attached hydrogens (tertiary/aromatic N) is 1. The highest BCUT2D eigenvalue weighted by Crippen LogP contribution is 2.30. The third-order valence-corrected chi connectivity index (χ3v) is 4.73. The Labute approximate surface area is 148 Å². The highest BCUT2D eigenvalue weighted by Gasteiger charge is 2.26. The first kappa shape index (κ1) is 17.2. The van der Waals surface area contributed by atoms with Gasteiger partial charge >= 0.3 is 0 Å². The zero-order chi connectivity index (χ0) is 18.0. The van der Waals surface area contributed by atoms with Gasteiger partial charge in [-0.25, -0.2) is 0 Å². The van der Waals surface area contributed by atoms with Crippen LogP contribution in [0.2, 0.25) is 0 Å². The molecule has 3 rings (SSSR count). The van der Waals surface area contributed by atoms with E-state index in [-0.39, 0.29) is 17.7 Å². The second kappa shape index (κ2) is 7.09. The number of fused-ring (bicyclic) bond motifs is 1. The molecule has 1 N–H and O–H groups in total. The van der Waals surface area contributed by atoms with Crippen molar-refractivity contribution in [2.75, 3.05) is 16.8 Å². The number of anilines is 2. The fourth-order valence-corrected chi connectivity index (χ4v) is 3.46. The summed E-state index contributed by atoms with van der Waals surface area (Å²) in [6.45, 7) is 6.44. The monoisotopic (exact) mass is 336 g/mol. The van der Waals surface area contributed by atoms with E-state index in [1.807, 2.05) is 6.92 Å². The van der Waals surface area contributed by atoms with E-state index in [2.05, 4.69) is 35.3 Å². The van der Waals surface area contributed by atoms with Crippen LogP contribution >= 0.6 is 0 Å². The number of hydrogen-bond acceptors (Lipinski definition) is 3. The molecule has 1 heterocycles. The lowest BCUT2D eigenvalue weighted by atomic mass is 9.96. The summed E-state index contributed by atoms with van der Waals surface area (Å²) < 4.78 is 0. The molecule has 4 nitrogen and oxygen atoms in total. The predicted molar refractivity (Wildman–Crippen MR) is 101 cm³/mol. The molecule has 0 radical (unpaired) electrons. The van der Waals surface area contributed by atoms with Crippen molar-refractivity contribution < 1.29 is 9.59 Å². The zero-order valence-corrected chi connectivity index (χ0v) is 15.0. The molecular formula is C21H24N2O2. The van der Waals surface area contributed by atoms with Crippen molar-refractivity contribution in [1.82, 2.24) is 0 Å². The number of carbonyl (C=O) groups excluding carboxylic acids is 2. The molecule has 4 heteroatoms. The quantitative estimate of drug-likeness (QED) is 0.859. The number of rotatable bonds is 4. The van der Waals surface area contributed by atoms with Gasteiger partial charge in [-0.15, -0.1) is 0 Å². The summed E-state index contributed by atoms with van der Waals surface area (Å²) in [5, 5.41) is 2.72. The van der Waals surface area contributed by atoms with E-state index in [4.69, 9.17) is 0 Å². The summed E-state index contributed by atoms with van der Waals surface area (Å²) in [6.07, 6.45) is 2.13. The highest BCUT2D eigenvalue weighted by atomic mass is 16.1. The lowest BCUT2D eigenvalue weighted by Gasteiger charge is -2.35. The SMILES string of the molecule is CC(=O)Nc1ccc(C(=O)[C@@H](C)N2CCCc3cc(C)ccc32)cc1. The summed E-state index contributed by atoms with van der Waals surface area (Å²) in [7, 11) is 0. The minimum absolute atomic E-state index is 0.0998. The first-order valence-electron chi connectivity index (χ1n) is 8.74. The standard InChI is InChI=1S/C21H24N2O2/c1-14-6-11-20-18(13-14)5-4-12-23(20)15(2)21(25)17-7-9-19(10-8-17)22-16(3)24/h6-11,13,15H,4-5,12H2,1-3H3,(H,22,24)/t15-/m1/s1. The maximum atomic E-state index is 12.9. The molecule has 1 amide bonds. The molecule has 0 saturated carbocycles. The van der Waals surface area contributed by atoms with Crippen LogP contribution in [0.3, 0.4) is 0 Å². The molecule has 0 aromatic heterocycles. The number of aryl methyl sites for hydroxylation is 2. The lowest BCUT2D eigenvalue weighted by Crippen LogP contribution is -2.42. The van der Waals surface area contributed by atoms with Crippen LogP contribution in [0.4, 0.5) is 11.4 Å². The van der Waals surface area contributed by atoms with Gasteiger partial charge in [-0.2, -0.15) is 0 Å². The summed E-state index contributed by atoms with van der Waals surface area (Å²) in [5.41, 5.74) is 5.13. The van der Waals surface area contributed by atoms with Gasteiger partial charge in [-0.1, -0.05) is 17.7 Å². The van der Waals surface area contributed by atoms with E-state index in [1.54, 1.807) is 24.3 Å². The van der Waals surface area contributed by atoms with Gasteiger partial charge in [-0.3, -0.25) is 9.59 Å². The van der Waals surface area contributed by atoms with Gasteiger partial charge < -0.3 is 10.2 Å². The molecule has 0 bridgehead atoms. The Hall–Kier alpha value is -2.62. The van der Waals surface area contributed by atoms with Gasteiger partial charge in [0.1, 0.15) is 0 Å². The van der Waals surface area contributed by atoms with E-state index in [0.29, 0.717) is 11.3 Å². The van der Waals surface area contributed by atoms with Crippen LogP contribution in [0.1, 0.15) is 41.8 Å². The van der Waals surface area contributed by atoms with E-state index >= 15 is 0 Å². The van der Waals surface area contributed by atoms with Gasteiger partial charge in [0.2, 0.25) is 5.91 Å². The average molecular weight is 336 g/mol. The van der Waals surface area contributed by atoms with E-state index < -0.39 is 0 Å².